The number of fused-ring (bicyclic) bond motifs is 2. The van der Waals surface area contributed by atoms with Gasteiger partial charge in [0.15, 0.2) is 17.5 Å². The Kier molecular flexibility index (Phi) is 3.64. The van der Waals surface area contributed by atoms with Crippen LogP contribution in [0.4, 0.5) is 8.78 Å². The molecule has 1 saturated heterocycles. The average Bonchev–Trinajstić information content (AvgIpc) is 3.15. The monoisotopic (exact) mass is 351 g/mol. The fourth-order valence-electron chi connectivity index (χ4n) is 3.24. The SMILES string of the molecule is CC(C)(C)n1nnnc1CN1C[C@@H]2Oc3c(F)ccc(F)c3O[C@@H]2C1. The van der Waals surface area contributed by atoms with Crippen molar-refractivity contribution in [2.45, 2.75) is 45.1 Å². The van der Waals surface area contributed by atoms with E-state index in [1.54, 1.807) is 4.68 Å². The van der Waals surface area contributed by atoms with E-state index in [1.165, 1.54) is 0 Å². The minimum atomic E-state index is -0.620. The second-order valence-electron chi connectivity index (χ2n) is 7.37. The fourth-order valence-corrected chi connectivity index (χ4v) is 3.24. The third-order valence-electron chi connectivity index (χ3n) is 4.38. The van der Waals surface area contributed by atoms with Crippen LogP contribution in [-0.2, 0) is 12.1 Å². The lowest BCUT2D eigenvalue weighted by Gasteiger charge is -2.28. The maximum absolute atomic E-state index is 13.9. The molecular weight excluding hydrogens is 332 g/mol. The van der Waals surface area contributed by atoms with Gasteiger partial charge in [0.25, 0.3) is 0 Å². The van der Waals surface area contributed by atoms with Gasteiger partial charge in [-0.1, -0.05) is 0 Å². The van der Waals surface area contributed by atoms with Crippen molar-refractivity contribution in [2.24, 2.45) is 0 Å². The Morgan fingerprint density at radius 3 is 2.16 bits per heavy atom. The number of likely N-dealkylation sites (tertiary alicyclic amines) is 1. The van der Waals surface area contributed by atoms with Gasteiger partial charge in [0.05, 0.1) is 12.1 Å². The number of aromatic nitrogens is 4. The van der Waals surface area contributed by atoms with Crippen molar-refractivity contribution in [3.05, 3.63) is 29.6 Å². The van der Waals surface area contributed by atoms with Crippen molar-refractivity contribution < 1.29 is 18.3 Å². The molecule has 1 fully saturated rings. The van der Waals surface area contributed by atoms with Crippen molar-refractivity contribution in [2.75, 3.05) is 13.1 Å². The molecule has 2 aliphatic rings. The molecule has 1 aromatic heterocycles. The first-order valence-corrected chi connectivity index (χ1v) is 8.14. The molecule has 2 atom stereocenters. The molecule has 4 rings (SSSR count). The number of tetrazole rings is 1. The van der Waals surface area contributed by atoms with Crippen LogP contribution in [0.3, 0.4) is 0 Å². The summed E-state index contributed by atoms with van der Waals surface area (Å²) in [5.41, 5.74) is -0.235. The highest BCUT2D eigenvalue weighted by Crippen LogP contribution is 2.40. The largest absolute Gasteiger partial charge is 0.478 e. The van der Waals surface area contributed by atoms with Gasteiger partial charge in [-0.05, 0) is 43.3 Å². The third-order valence-corrected chi connectivity index (χ3v) is 4.38. The molecular formula is C16H19F2N5O2. The zero-order valence-corrected chi connectivity index (χ0v) is 14.2. The molecule has 1 aromatic carbocycles. The fraction of sp³-hybridized carbons (Fsp3) is 0.562. The van der Waals surface area contributed by atoms with Crippen molar-refractivity contribution >= 4 is 0 Å². The van der Waals surface area contributed by atoms with E-state index >= 15 is 0 Å². The molecule has 0 unspecified atom stereocenters. The highest BCUT2D eigenvalue weighted by molar-refractivity contribution is 5.44. The lowest BCUT2D eigenvalue weighted by Crippen LogP contribution is -2.39. The van der Waals surface area contributed by atoms with Crippen LogP contribution < -0.4 is 9.47 Å². The summed E-state index contributed by atoms with van der Waals surface area (Å²) >= 11 is 0. The van der Waals surface area contributed by atoms with Gasteiger partial charge in [0, 0.05) is 13.1 Å². The van der Waals surface area contributed by atoms with E-state index in [2.05, 4.69) is 20.4 Å². The Labute approximate surface area is 143 Å². The number of benzene rings is 1. The van der Waals surface area contributed by atoms with Crippen LogP contribution in [0, 0.1) is 11.6 Å². The highest BCUT2D eigenvalue weighted by atomic mass is 19.1. The van der Waals surface area contributed by atoms with Crippen LogP contribution in [0.1, 0.15) is 26.6 Å². The number of ether oxygens (including phenoxy) is 2. The van der Waals surface area contributed by atoms with Crippen LogP contribution in [-0.4, -0.2) is 50.4 Å². The van der Waals surface area contributed by atoms with Gasteiger partial charge >= 0.3 is 0 Å². The summed E-state index contributed by atoms with van der Waals surface area (Å²) in [5.74, 6) is -0.818. The zero-order valence-electron chi connectivity index (χ0n) is 14.2. The van der Waals surface area contributed by atoms with Crippen LogP contribution in [0.15, 0.2) is 12.1 Å². The van der Waals surface area contributed by atoms with Gasteiger partial charge in [-0.3, -0.25) is 4.90 Å². The molecule has 3 heterocycles. The number of nitrogens with zero attached hydrogens (tertiary/aromatic N) is 5. The molecule has 9 heteroatoms. The lowest BCUT2D eigenvalue weighted by molar-refractivity contribution is 0.0467. The van der Waals surface area contributed by atoms with Crippen molar-refractivity contribution in [3.63, 3.8) is 0 Å². The predicted molar refractivity (Wildman–Crippen MR) is 83.3 cm³/mol. The number of halogens is 2. The van der Waals surface area contributed by atoms with E-state index in [9.17, 15) is 8.78 Å². The van der Waals surface area contributed by atoms with E-state index in [0.29, 0.717) is 19.6 Å². The zero-order chi connectivity index (χ0) is 17.8. The Hall–Kier alpha value is -2.29. The molecule has 134 valence electrons. The van der Waals surface area contributed by atoms with Crippen molar-refractivity contribution in [1.82, 2.24) is 25.1 Å². The summed E-state index contributed by atoms with van der Waals surface area (Å²) in [6.45, 7) is 7.61. The molecule has 25 heavy (non-hydrogen) atoms. The molecule has 0 spiro atoms. The molecule has 0 saturated carbocycles. The highest BCUT2D eigenvalue weighted by Gasteiger charge is 2.42. The molecule has 0 bridgehead atoms. The molecule has 7 nitrogen and oxygen atoms in total. The first kappa shape index (κ1) is 16.2. The van der Waals surface area contributed by atoms with Crippen LogP contribution in [0.2, 0.25) is 0 Å². The molecule has 0 amide bonds. The number of rotatable bonds is 2. The van der Waals surface area contributed by atoms with E-state index in [0.717, 1.165) is 18.0 Å². The molecule has 0 radical (unpaired) electrons. The molecule has 0 aliphatic carbocycles. The Balaban J connectivity index is 1.51. The van der Waals surface area contributed by atoms with Gasteiger partial charge in [0.2, 0.25) is 11.5 Å². The quantitative estimate of drug-likeness (QED) is 0.821. The minimum absolute atomic E-state index is 0.150. The Morgan fingerprint density at radius 1 is 1.08 bits per heavy atom. The van der Waals surface area contributed by atoms with Gasteiger partial charge < -0.3 is 9.47 Å². The first-order valence-electron chi connectivity index (χ1n) is 8.14. The summed E-state index contributed by atoms with van der Waals surface area (Å²) in [5, 5.41) is 11.9. The van der Waals surface area contributed by atoms with Crippen LogP contribution >= 0.6 is 0 Å². The standard InChI is InChI=1S/C16H19F2N5O2/c1-16(2,3)23-13(19-20-21-23)8-22-6-11-12(7-22)25-15-10(18)5-4-9(17)14(15)24-11/h4-5,11-12H,6-8H2,1-3H3/t11-,12+. The van der Waals surface area contributed by atoms with E-state index < -0.39 is 11.6 Å². The first-order chi connectivity index (χ1) is 11.8. The second kappa shape index (κ2) is 5.62. The lowest BCUT2D eigenvalue weighted by atomic mass is 10.1. The topological polar surface area (TPSA) is 65.3 Å². The number of hydrogen-bond acceptors (Lipinski definition) is 6. The van der Waals surface area contributed by atoms with E-state index in [-0.39, 0.29) is 29.2 Å². The van der Waals surface area contributed by atoms with Gasteiger partial charge in [-0.2, -0.15) is 0 Å². The second-order valence-corrected chi connectivity index (χ2v) is 7.37. The van der Waals surface area contributed by atoms with Crippen LogP contribution in [0.25, 0.3) is 0 Å². The minimum Gasteiger partial charge on any atom is -0.478 e. The van der Waals surface area contributed by atoms with Gasteiger partial charge in [-0.25, -0.2) is 13.5 Å². The maximum Gasteiger partial charge on any atom is 0.200 e. The number of hydrogen-bond donors (Lipinski definition) is 0. The summed E-state index contributed by atoms with van der Waals surface area (Å²) in [7, 11) is 0. The van der Waals surface area contributed by atoms with Gasteiger partial charge in [0.1, 0.15) is 12.2 Å². The molecule has 0 N–H and O–H groups in total. The molecule has 2 aromatic rings. The van der Waals surface area contributed by atoms with Crippen LogP contribution in [0.5, 0.6) is 11.5 Å². The Bertz CT molecular complexity index is 765. The normalized spacial score (nSPS) is 22.9. The predicted octanol–water partition coefficient (Wildman–Crippen LogP) is 1.73. The molecule has 2 aliphatic heterocycles. The summed E-state index contributed by atoms with van der Waals surface area (Å²) in [6, 6.07) is 2.09. The maximum atomic E-state index is 13.9. The summed E-state index contributed by atoms with van der Waals surface area (Å²) in [4.78, 5) is 2.06. The van der Waals surface area contributed by atoms with E-state index in [1.807, 2.05) is 20.8 Å². The van der Waals surface area contributed by atoms with Gasteiger partial charge in [-0.15, -0.1) is 5.10 Å². The van der Waals surface area contributed by atoms with E-state index in [4.69, 9.17) is 9.47 Å². The summed E-state index contributed by atoms with van der Waals surface area (Å²) in [6.07, 6.45) is -0.717. The van der Waals surface area contributed by atoms with Crippen molar-refractivity contribution in [3.8, 4) is 11.5 Å². The summed E-state index contributed by atoms with van der Waals surface area (Å²) < 4.78 is 40.9. The average molecular weight is 351 g/mol. The van der Waals surface area contributed by atoms with Crippen molar-refractivity contribution in [1.29, 1.82) is 0 Å². The third kappa shape index (κ3) is 2.82. The Morgan fingerprint density at radius 2 is 1.64 bits per heavy atom. The smallest absolute Gasteiger partial charge is 0.200 e.